The Hall–Kier alpha value is -2.47. The van der Waals surface area contributed by atoms with Gasteiger partial charge in [-0.15, -0.1) is 0 Å². The Morgan fingerprint density at radius 3 is 2.65 bits per heavy atom. The topological polar surface area (TPSA) is 58.6 Å². The molecule has 3 rings (SSSR count). The van der Waals surface area contributed by atoms with E-state index in [0.717, 1.165) is 29.9 Å². The molecule has 1 aromatic heterocycles. The van der Waals surface area contributed by atoms with Crippen molar-refractivity contribution >= 4 is 11.9 Å². The lowest BCUT2D eigenvalue weighted by molar-refractivity contribution is -0.134. The van der Waals surface area contributed by atoms with Crippen LogP contribution in [0.15, 0.2) is 30.3 Å². The highest BCUT2D eigenvalue weighted by Crippen LogP contribution is 2.30. The lowest BCUT2D eigenvalue weighted by Gasteiger charge is -2.18. The minimum Gasteiger partial charge on any atom is -0.375 e. The molecule has 6 nitrogen and oxygen atoms in total. The van der Waals surface area contributed by atoms with Crippen molar-refractivity contribution in [2.24, 2.45) is 0 Å². The number of amides is 1. The van der Waals surface area contributed by atoms with Crippen LogP contribution in [0.25, 0.3) is 11.3 Å². The van der Waals surface area contributed by atoms with Gasteiger partial charge in [0.05, 0.1) is 11.4 Å². The number of likely N-dealkylation sites (tertiary alicyclic amines) is 1. The van der Waals surface area contributed by atoms with Gasteiger partial charge in [-0.1, -0.05) is 29.8 Å². The van der Waals surface area contributed by atoms with Gasteiger partial charge in [0.15, 0.2) is 0 Å². The van der Waals surface area contributed by atoms with Crippen molar-refractivity contribution < 1.29 is 9.53 Å². The highest BCUT2D eigenvalue weighted by atomic mass is 16.5. The van der Waals surface area contributed by atoms with E-state index in [0.29, 0.717) is 12.5 Å². The number of hydrogen-bond donors (Lipinski definition) is 0. The first kappa shape index (κ1) is 18.3. The molecule has 1 aliphatic heterocycles. The largest absolute Gasteiger partial charge is 0.375 e. The molecule has 1 amide bonds. The molecule has 1 aromatic carbocycles. The highest BCUT2D eigenvalue weighted by molar-refractivity contribution is 5.77. The monoisotopic (exact) mass is 354 g/mol. The van der Waals surface area contributed by atoms with E-state index in [1.807, 2.05) is 23.9 Å². The molecule has 0 spiro atoms. The van der Waals surface area contributed by atoms with Gasteiger partial charge in [-0.05, 0) is 19.4 Å². The molecular weight excluding hydrogens is 328 g/mol. The molecule has 0 bridgehead atoms. The molecule has 1 atom stereocenters. The van der Waals surface area contributed by atoms with Crippen LogP contribution in [0.1, 0.15) is 23.6 Å². The number of ether oxygens (including phenoxy) is 1. The van der Waals surface area contributed by atoms with E-state index >= 15 is 0 Å². The van der Waals surface area contributed by atoms with E-state index in [2.05, 4.69) is 37.3 Å². The summed E-state index contributed by atoms with van der Waals surface area (Å²) in [5.41, 5.74) is 4.21. The fourth-order valence-corrected chi connectivity index (χ4v) is 3.18. The van der Waals surface area contributed by atoms with Crippen LogP contribution < -0.4 is 4.90 Å². The molecule has 1 unspecified atom stereocenters. The summed E-state index contributed by atoms with van der Waals surface area (Å²) < 4.78 is 4.97. The maximum absolute atomic E-state index is 12.1. The molecule has 1 fully saturated rings. The molecule has 138 valence electrons. The Bertz CT molecular complexity index is 774. The number of carbonyl (C=O) groups is 1. The molecular formula is C20H26N4O2. The van der Waals surface area contributed by atoms with Crippen molar-refractivity contribution in [3.63, 3.8) is 0 Å². The first-order valence-corrected chi connectivity index (χ1v) is 8.88. The average Bonchev–Trinajstić information content (AvgIpc) is 3.12. The number of carbonyl (C=O) groups excluding carboxylic acids is 1. The van der Waals surface area contributed by atoms with E-state index in [4.69, 9.17) is 14.7 Å². The van der Waals surface area contributed by atoms with E-state index in [1.165, 1.54) is 5.56 Å². The molecule has 2 heterocycles. The number of methoxy groups -OCH3 is 1. The fraction of sp³-hybridized carbons (Fsp3) is 0.450. The zero-order valence-corrected chi connectivity index (χ0v) is 15.9. The second-order valence-corrected chi connectivity index (χ2v) is 7.00. The third-order valence-electron chi connectivity index (χ3n) is 4.71. The SMILES string of the molecule is COCC(=O)N1CCC(c2cc(-c3ccc(C)cc3)nc(N(C)C)n2)C1. The van der Waals surface area contributed by atoms with Gasteiger partial charge in [0.25, 0.3) is 0 Å². The minimum atomic E-state index is 0.0376. The van der Waals surface area contributed by atoms with E-state index in [-0.39, 0.29) is 18.4 Å². The predicted molar refractivity (Wildman–Crippen MR) is 102 cm³/mol. The summed E-state index contributed by atoms with van der Waals surface area (Å²) in [6.45, 7) is 3.63. The minimum absolute atomic E-state index is 0.0376. The van der Waals surface area contributed by atoms with Crippen molar-refractivity contribution in [3.8, 4) is 11.3 Å². The van der Waals surface area contributed by atoms with E-state index in [9.17, 15) is 4.79 Å². The molecule has 26 heavy (non-hydrogen) atoms. The van der Waals surface area contributed by atoms with Crippen LogP contribution in [0.4, 0.5) is 5.95 Å². The van der Waals surface area contributed by atoms with Gasteiger partial charge in [-0.3, -0.25) is 4.79 Å². The lowest BCUT2D eigenvalue weighted by atomic mass is 10.0. The van der Waals surface area contributed by atoms with Crippen LogP contribution >= 0.6 is 0 Å². The molecule has 0 aliphatic carbocycles. The van der Waals surface area contributed by atoms with Gasteiger partial charge in [-0.25, -0.2) is 9.97 Å². The van der Waals surface area contributed by atoms with Gasteiger partial charge in [0, 0.05) is 45.8 Å². The lowest BCUT2D eigenvalue weighted by Crippen LogP contribution is -2.31. The normalized spacial score (nSPS) is 16.8. The molecule has 1 aliphatic rings. The predicted octanol–water partition coefficient (Wildman–Crippen LogP) is 2.48. The van der Waals surface area contributed by atoms with Crippen LogP contribution in [-0.2, 0) is 9.53 Å². The van der Waals surface area contributed by atoms with E-state index in [1.54, 1.807) is 7.11 Å². The number of anilines is 1. The van der Waals surface area contributed by atoms with Gasteiger partial charge in [-0.2, -0.15) is 0 Å². The zero-order valence-electron chi connectivity index (χ0n) is 15.9. The summed E-state index contributed by atoms with van der Waals surface area (Å²) in [6, 6.07) is 10.4. The maximum atomic E-state index is 12.1. The summed E-state index contributed by atoms with van der Waals surface area (Å²) in [7, 11) is 5.44. The van der Waals surface area contributed by atoms with Gasteiger partial charge in [0.1, 0.15) is 6.61 Å². The number of rotatable bonds is 5. The zero-order chi connectivity index (χ0) is 18.7. The summed E-state index contributed by atoms with van der Waals surface area (Å²) >= 11 is 0. The van der Waals surface area contributed by atoms with Gasteiger partial charge >= 0.3 is 0 Å². The molecule has 0 radical (unpaired) electrons. The Morgan fingerprint density at radius 1 is 1.27 bits per heavy atom. The van der Waals surface area contributed by atoms with Crippen molar-refractivity contribution in [2.75, 3.05) is 45.8 Å². The highest BCUT2D eigenvalue weighted by Gasteiger charge is 2.29. The number of hydrogen-bond acceptors (Lipinski definition) is 5. The Labute approximate surface area is 154 Å². The van der Waals surface area contributed by atoms with Gasteiger partial charge < -0.3 is 14.5 Å². The third kappa shape index (κ3) is 4.02. The average molecular weight is 354 g/mol. The molecule has 0 N–H and O–H groups in total. The Kier molecular flexibility index (Phi) is 5.52. The molecule has 1 saturated heterocycles. The van der Waals surface area contributed by atoms with Crippen molar-refractivity contribution in [3.05, 3.63) is 41.6 Å². The molecule has 2 aromatic rings. The summed E-state index contributed by atoms with van der Waals surface area (Å²) in [4.78, 5) is 25.3. The van der Waals surface area contributed by atoms with Crippen molar-refractivity contribution in [2.45, 2.75) is 19.3 Å². The quantitative estimate of drug-likeness (QED) is 0.826. The number of nitrogens with zero attached hydrogens (tertiary/aromatic N) is 4. The summed E-state index contributed by atoms with van der Waals surface area (Å²) in [5.74, 6) is 0.956. The Balaban J connectivity index is 1.90. The first-order chi connectivity index (χ1) is 12.5. The third-order valence-corrected chi connectivity index (χ3v) is 4.71. The summed E-state index contributed by atoms with van der Waals surface area (Å²) in [6.07, 6.45) is 0.909. The molecule has 0 saturated carbocycles. The standard InChI is InChI=1S/C20H26N4O2/c1-14-5-7-15(8-6-14)17-11-18(22-20(21-17)23(2)3)16-9-10-24(12-16)19(25)13-26-4/h5-8,11,16H,9-10,12-13H2,1-4H3. The number of aryl methyl sites for hydroxylation is 1. The van der Waals surface area contributed by atoms with Gasteiger partial charge in [0.2, 0.25) is 11.9 Å². The molecule has 6 heteroatoms. The second-order valence-electron chi connectivity index (χ2n) is 7.00. The van der Waals surface area contributed by atoms with Crippen LogP contribution in [-0.4, -0.2) is 61.7 Å². The van der Waals surface area contributed by atoms with Crippen LogP contribution in [0.2, 0.25) is 0 Å². The maximum Gasteiger partial charge on any atom is 0.248 e. The van der Waals surface area contributed by atoms with Crippen LogP contribution in [0, 0.1) is 6.92 Å². The van der Waals surface area contributed by atoms with Crippen LogP contribution in [0.5, 0.6) is 0 Å². The first-order valence-electron chi connectivity index (χ1n) is 8.88. The number of benzene rings is 1. The summed E-state index contributed by atoms with van der Waals surface area (Å²) in [5, 5.41) is 0. The van der Waals surface area contributed by atoms with Crippen molar-refractivity contribution in [1.82, 2.24) is 14.9 Å². The van der Waals surface area contributed by atoms with E-state index < -0.39 is 0 Å². The van der Waals surface area contributed by atoms with Crippen molar-refractivity contribution in [1.29, 1.82) is 0 Å². The fourth-order valence-electron chi connectivity index (χ4n) is 3.18. The Morgan fingerprint density at radius 2 is 2.00 bits per heavy atom. The van der Waals surface area contributed by atoms with Crippen LogP contribution in [0.3, 0.4) is 0 Å². The second kappa shape index (κ2) is 7.83. The number of aromatic nitrogens is 2. The smallest absolute Gasteiger partial charge is 0.248 e.